The van der Waals surface area contributed by atoms with Gasteiger partial charge in [0.25, 0.3) is 0 Å². The van der Waals surface area contributed by atoms with Gasteiger partial charge in [0.15, 0.2) is 0 Å². The maximum Gasteiger partial charge on any atom is 0.337 e. The molecule has 2 aliphatic rings. The summed E-state index contributed by atoms with van der Waals surface area (Å²) in [4.78, 5) is 13.9. The Morgan fingerprint density at radius 3 is 2.57 bits per heavy atom. The molecule has 2 N–H and O–H groups in total. The van der Waals surface area contributed by atoms with E-state index in [-0.39, 0.29) is 0 Å². The molecule has 2 aliphatic heterocycles. The SMILES string of the molecule is Cc1cccc(C(=O)O)c1NC1CC2CCCC(C1)N2C. The Labute approximate surface area is 126 Å². The summed E-state index contributed by atoms with van der Waals surface area (Å²) in [6.45, 7) is 1.98. The molecule has 4 nitrogen and oxygen atoms in total. The molecular formula is C17H24N2O2. The molecule has 2 bridgehead atoms. The summed E-state index contributed by atoms with van der Waals surface area (Å²) in [6, 6.07) is 7.15. The third kappa shape index (κ3) is 2.77. The summed E-state index contributed by atoms with van der Waals surface area (Å²) in [5.74, 6) is -0.852. The number of nitrogens with one attached hydrogen (secondary N) is 1. The van der Waals surface area contributed by atoms with Crippen molar-refractivity contribution in [1.29, 1.82) is 0 Å². The zero-order chi connectivity index (χ0) is 15.0. The molecule has 4 heteroatoms. The highest BCUT2D eigenvalue weighted by molar-refractivity contribution is 5.95. The normalized spacial score (nSPS) is 29.1. The lowest BCUT2D eigenvalue weighted by Gasteiger charge is -2.47. The topological polar surface area (TPSA) is 52.6 Å². The van der Waals surface area contributed by atoms with Crippen LogP contribution in [0.2, 0.25) is 0 Å². The van der Waals surface area contributed by atoms with Gasteiger partial charge < -0.3 is 15.3 Å². The van der Waals surface area contributed by atoms with Gasteiger partial charge >= 0.3 is 5.97 Å². The number of rotatable bonds is 3. The third-order valence-electron chi connectivity index (χ3n) is 5.19. The Balaban J connectivity index is 1.80. The fourth-order valence-electron chi connectivity index (χ4n) is 3.98. The van der Waals surface area contributed by atoms with Crippen LogP contribution in [-0.4, -0.2) is 41.1 Å². The van der Waals surface area contributed by atoms with E-state index in [1.807, 2.05) is 19.1 Å². The summed E-state index contributed by atoms with van der Waals surface area (Å²) in [6.07, 6.45) is 6.09. The monoisotopic (exact) mass is 288 g/mol. The Hall–Kier alpha value is -1.55. The molecule has 1 aromatic rings. The number of hydrogen-bond acceptors (Lipinski definition) is 3. The predicted molar refractivity (Wildman–Crippen MR) is 84.0 cm³/mol. The number of carbonyl (C=O) groups is 1. The summed E-state index contributed by atoms with van der Waals surface area (Å²) < 4.78 is 0. The van der Waals surface area contributed by atoms with Crippen LogP contribution in [0, 0.1) is 6.92 Å². The van der Waals surface area contributed by atoms with Gasteiger partial charge in [0, 0.05) is 18.1 Å². The predicted octanol–water partition coefficient (Wildman–Crippen LogP) is 3.12. The van der Waals surface area contributed by atoms with Gasteiger partial charge in [0.2, 0.25) is 0 Å². The van der Waals surface area contributed by atoms with E-state index in [9.17, 15) is 9.90 Å². The first-order valence-corrected chi connectivity index (χ1v) is 7.87. The van der Waals surface area contributed by atoms with Crippen LogP contribution in [0.25, 0.3) is 0 Å². The zero-order valence-electron chi connectivity index (χ0n) is 12.8. The van der Waals surface area contributed by atoms with Crippen molar-refractivity contribution in [3.63, 3.8) is 0 Å². The van der Waals surface area contributed by atoms with Gasteiger partial charge in [-0.1, -0.05) is 18.6 Å². The van der Waals surface area contributed by atoms with Gasteiger partial charge in [-0.2, -0.15) is 0 Å². The fourth-order valence-corrected chi connectivity index (χ4v) is 3.98. The lowest BCUT2D eigenvalue weighted by molar-refractivity contribution is 0.0607. The number of carboxylic acid groups (broad SMARTS) is 1. The van der Waals surface area contributed by atoms with Crippen molar-refractivity contribution in [2.45, 2.75) is 57.2 Å². The van der Waals surface area contributed by atoms with E-state index in [4.69, 9.17) is 0 Å². The number of hydrogen-bond donors (Lipinski definition) is 2. The highest BCUT2D eigenvalue weighted by Gasteiger charge is 2.36. The first kappa shape index (κ1) is 14.4. The van der Waals surface area contributed by atoms with E-state index < -0.39 is 5.97 Å². The van der Waals surface area contributed by atoms with Crippen LogP contribution in [0.4, 0.5) is 5.69 Å². The van der Waals surface area contributed by atoms with Gasteiger partial charge in [0.05, 0.1) is 11.3 Å². The number of carboxylic acids is 1. The van der Waals surface area contributed by atoms with Crippen molar-refractivity contribution >= 4 is 11.7 Å². The van der Waals surface area contributed by atoms with Crippen molar-refractivity contribution in [3.8, 4) is 0 Å². The lowest BCUT2D eigenvalue weighted by atomic mass is 9.82. The van der Waals surface area contributed by atoms with Crippen molar-refractivity contribution < 1.29 is 9.90 Å². The standard InChI is InChI=1S/C17H24N2O2/c1-11-5-3-8-15(17(20)21)16(11)18-12-9-13-6-4-7-14(10-12)19(13)2/h3,5,8,12-14,18H,4,6-7,9-10H2,1-2H3,(H,20,21). The van der Waals surface area contributed by atoms with Gasteiger partial charge in [0.1, 0.15) is 0 Å². The molecule has 0 amide bonds. The molecule has 1 aromatic carbocycles. The number of piperidine rings is 2. The Kier molecular flexibility index (Phi) is 3.89. The Morgan fingerprint density at radius 1 is 1.29 bits per heavy atom. The molecule has 0 aliphatic carbocycles. The smallest absolute Gasteiger partial charge is 0.337 e. The molecule has 2 saturated heterocycles. The van der Waals surface area contributed by atoms with E-state index in [0.717, 1.165) is 24.1 Å². The van der Waals surface area contributed by atoms with Gasteiger partial charge in [-0.3, -0.25) is 0 Å². The van der Waals surface area contributed by atoms with Crippen LogP contribution in [0.3, 0.4) is 0 Å². The molecule has 0 radical (unpaired) electrons. The first-order chi connectivity index (χ1) is 10.1. The largest absolute Gasteiger partial charge is 0.478 e. The molecule has 2 unspecified atom stereocenters. The molecular weight excluding hydrogens is 264 g/mol. The summed E-state index contributed by atoms with van der Waals surface area (Å²) in [5, 5.41) is 12.9. The Morgan fingerprint density at radius 2 is 1.95 bits per heavy atom. The summed E-state index contributed by atoms with van der Waals surface area (Å²) in [5.41, 5.74) is 2.20. The van der Waals surface area contributed by atoms with E-state index in [0.29, 0.717) is 23.7 Å². The van der Waals surface area contributed by atoms with Crippen LogP contribution < -0.4 is 5.32 Å². The number of benzene rings is 1. The molecule has 2 heterocycles. The van der Waals surface area contributed by atoms with Gasteiger partial charge in [-0.25, -0.2) is 4.79 Å². The molecule has 0 aromatic heterocycles. The molecule has 21 heavy (non-hydrogen) atoms. The molecule has 2 fully saturated rings. The second kappa shape index (κ2) is 5.68. The maximum absolute atomic E-state index is 11.4. The van der Waals surface area contributed by atoms with Crippen molar-refractivity contribution in [2.24, 2.45) is 0 Å². The van der Waals surface area contributed by atoms with Gasteiger partial charge in [-0.05, 0) is 51.3 Å². The number of aryl methyl sites for hydroxylation is 1. The molecule has 0 spiro atoms. The highest BCUT2D eigenvalue weighted by atomic mass is 16.4. The minimum atomic E-state index is -0.852. The molecule has 0 saturated carbocycles. The number of aromatic carboxylic acids is 1. The average Bonchev–Trinajstić information content (AvgIpc) is 2.41. The number of fused-ring (bicyclic) bond motifs is 2. The molecule has 3 rings (SSSR count). The quantitative estimate of drug-likeness (QED) is 0.897. The fraction of sp³-hybridized carbons (Fsp3) is 0.588. The van der Waals surface area contributed by atoms with E-state index in [1.54, 1.807) is 6.07 Å². The molecule has 2 atom stereocenters. The Bertz CT molecular complexity index is 530. The van der Waals surface area contributed by atoms with Crippen LogP contribution in [-0.2, 0) is 0 Å². The summed E-state index contributed by atoms with van der Waals surface area (Å²) >= 11 is 0. The van der Waals surface area contributed by atoms with E-state index >= 15 is 0 Å². The van der Waals surface area contributed by atoms with Crippen molar-refractivity contribution in [2.75, 3.05) is 12.4 Å². The lowest BCUT2D eigenvalue weighted by Crippen LogP contribution is -2.52. The van der Waals surface area contributed by atoms with Crippen LogP contribution in [0.1, 0.15) is 48.0 Å². The maximum atomic E-state index is 11.4. The van der Waals surface area contributed by atoms with Crippen LogP contribution >= 0.6 is 0 Å². The van der Waals surface area contributed by atoms with Crippen LogP contribution in [0.15, 0.2) is 18.2 Å². The van der Waals surface area contributed by atoms with E-state index in [1.165, 1.54) is 19.3 Å². The van der Waals surface area contributed by atoms with Gasteiger partial charge in [-0.15, -0.1) is 0 Å². The average molecular weight is 288 g/mol. The number of anilines is 1. The minimum Gasteiger partial charge on any atom is -0.478 e. The molecule has 114 valence electrons. The third-order valence-corrected chi connectivity index (χ3v) is 5.19. The van der Waals surface area contributed by atoms with Crippen LogP contribution in [0.5, 0.6) is 0 Å². The van der Waals surface area contributed by atoms with Crippen molar-refractivity contribution in [1.82, 2.24) is 4.90 Å². The zero-order valence-corrected chi connectivity index (χ0v) is 12.8. The summed E-state index contributed by atoms with van der Waals surface area (Å²) in [7, 11) is 2.24. The number of nitrogens with zero attached hydrogens (tertiary/aromatic N) is 1. The number of para-hydroxylation sites is 1. The first-order valence-electron chi connectivity index (χ1n) is 7.87. The van der Waals surface area contributed by atoms with Crippen molar-refractivity contribution in [3.05, 3.63) is 29.3 Å². The second-order valence-corrected chi connectivity index (χ2v) is 6.52. The van der Waals surface area contributed by atoms with E-state index in [2.05, 4.69) is 17.3 Å². The highest BCUT2D eigenvalue weighted by Crippen LogP contribution is 2.34. The second-order valence-electron chi connectivity index (χ2n) is 6.52. The minimum absolute atomic E-state index is 0.385.